The molecule has 0 aliphatic heterocycles. The summed E-state index contributed by atoms with van der Waals surface area (Å²) < 4.78 is 3.29. The summed E-state index contributed by atoms with van der Waals surface area (Å²) in [5.74, 6) is 0. The highest BCUT2D eigenvalue weighted by atomic mass is 35.5. The first kappa shape index (κ1) is 15.5. The van der Waals surface area contributed by atoms with Gasteiger partial charge in [-0.15, -0.1) is 5.10 Å². The van der Waals surface area contributed by atoms with Crippen LogP contribution in [0, 0.1) is 6.92 Å². The molecule has 0 amide bonds. The standard InChI is InChI=1S/C15H17ClN6O/c1-10-14(15(16)21(2)19-10)7-17-11-3-5-13(6-4-11)22-8-12(9-23)18-20-22/h3-6,8,17,23H,7,9H2,1-2H3. The van der Waals surface area contributed by atoms with Crippen LogP contribution in [-0.4, -0.2) is 29.9 Å². The lowest BCUT2D eigenvalue weighted by molar-refractivity contribution is 0.276. The Morgan fingerprint density at radius 2 is 2.00 bits per heavy atom. The first-order valence-corrected chi connectivity index (χ1v) is 7.50. The number of hydrogen-bond donors (Lipinski definition) is 2. The second kappa shape index (κ2) is 6.39. The van der Waals surface area contributed by atoms with E-state index >= 15 is 0 Å². The average Bonchev–Trinajstić information content (AvgIpc) is 3.12. The molecule has 2 aromatic heterocycles. The minimum absolute atomic E-state index is 0.120. The zero-order valence-corrected chi connectivity index (χ0v) is 13.6. The maximum Gasteiger partial charge on any atom is 0.131 e. The van der Waals surface area contributed by atoms with E-state index in [0.29, 0.717) is 17.4 Å². The molecule has 0 saturated heterocycles. The molecule has 2 N–H and O–H groups in total. The third-order valence-electron chi connectivity index (χ3n) is 3.57. The van der Waals surface area contributed by atoms with E-state index < -0.39 is 0 Å². The second-order valence-corrected chi connectivity index (χ2v) is 5.55. The minimum Gasteiger partial charge on any atom is -0.390 e. The molecular formula is C15H17ClN6O. The summed E-state index contributed by atoms with van der Waals surface area (Å²) in [6, 6.07) is 7.76. The molecule has 0 aliphatic carbocycles. The molecule has 0 bridgehead atoms. The molecule has 8 heteroatoms. The molecule has 0 atom stereocenters. The van der Waals surface area contributed by atoms with Crippen LogP contribution in [0.25, 0.3) is 5.69 Å². The Balaban J connectivity index is 1.70. The molecule has 23 heavy (non-hydrogen) atoms. The maximum atomic E-state index is 9.02. The highest BCUT2D eigenvalue weighted by molar-refractivity contribution is 6.30. The normalized spacial score (nSPS) is 11.0. The molecule has 3 aromatic rings. The molecular weight excluding hydrogens is 316 g/mol. The number of aryl methyl sites for hydroxylation is 2. The maximum absolute atomic E-state index is 9.02. The van der Waals surface area contributed by atoms with E-state index in [-0.39, 0.29) is 6.61 Å². The van der Waals surface area contributed by atoms with Crippen LogP contribution >= 0.6 is 11.6 Å². The Morgan fingerprint density at radius 3 is 2.57 bits per heavy atom. The highest BCUT2D eigenvalue weighted by Crippen LogP contribution is 2.20. The number of anilines is 1. The lowest BCUT2D eigenvalue weighted by Gasteiger charge is -2.07. The Labute approximate surface area is 138 Å². The average molecular weight is 333 g/mol. The molecule has 0 unspecified atom stereocenters. The summed E-state index contributed by atoms with van der Waals surface area (Å²) in [7, 11) is 1.83. The number of aliphatic hydroxyl groups excluding tert-OH is 1. The fourth-order valence-corrected chi connectivity index (χ4v) is 2.54. The summed E-state index contributed by atoms with van der Waals surface area (Å²) in [6.45, 7) is 2.43. The molecule has 0 aliphatic rings. The number of aromatic nitrogens is 5. The van der Waals surface area contributed by atoms with Crippen molar-refractivity contribution >= 4 is 17.3 Å². The highest BCUT2D eigenvalue weighted by Gasteiger charge is 2.10. The number of nitrogens with one attached hydrogen (secondary N) is 1. The molecule has 7 nitrogen and oxygen atoms in total. The van der Waals surface area contributed by atoms with Crippen LogP contribution in [0.5, 0.6) is 0 Å². The van der Waals surface area contributed by atoms with Crippen LogP contribution in [0.15, 0.2) is 30.5 Å². The molecule has 120 valence electrons. The first-order chi connectivity index (χ1) is 11.1. The van der Waals surface area contributed by atoms with Crippen molar-refractivity contribution in [3.05, 3.63) is 52.6 Å². The number of hydrogen-bond acceptors (Lipinski definition) is 5. The van der Waals surface area contributed by atoms with Crippen molar-refractivity contribution in [2.45, 2.75) is 20.1 Å². The van der Waals surface area contributed by atoms with Gasteiger partial charge >= 0.3 is 0 Å². The smallest absolute Gasteiger partial charge is 0.131 e. The molecule has 0 fully saturated rings. The Hall–Kier alpha value is -2.38. The number of rotatable bonds is 5. The monoisotopic (exact) mass is 332 g/mol. The lowest BCUT2D eigenvalue weighted by Crippen LogP contribution is -2.01. The Kier molecular flexibility index (Phi) is 4.31. The Bertz CT molecular complexity index is 808. The predicted molar refractivity (Wildman–Crippen MR) is 87.6 cm³/mol. The first-order valence-electron chi connectivity index (χ1n) is 7.13. The molecule has 0 saturated carbocycles. The third-order valence-corrected chi connectivity index (χ3v) is 4.05. The quantitative estimate of drug-likeness (QED) is 0.747. The van der Waals surface area contributed by atoms with Gasteiger partial charge in [0.1, 0.15) is 10.8 Å². The Morgan fingerprint density at radius 1 is 1.26 bits per heavy atom. The van der Waals surface area contributed by atoms with Crippen molar-refractivity contribution in [3.63, 3.8) is 0 Å². The lowest BCUT2D eigenvalue weighted by atomic mass is 10.2. The second-order valence-electron chi connectivity index (χ2n) is 5.19. The van der Waals surface area contributed by atoms with E-state index in [1.165, 1.54) is 0 Å². The SMILES string of the molecule is Cc1nn(C)c(Cl)c1CNc1ccc(-n2cc(CO)nn2)cc1. The van der Waals surface area contributed by atoms with Gasteiger partial charge in [-0.05, 0) is 31.2 Å². The van der Waals surface area contributed by atoms with Crippen LogP contribution in [0.4, 0.5) is 5.69 Å². The zero-order valence-electron chi connectivity index (χ0n) is 12.9. The van der Waals surface area contributed by atoms with Crippen LogP contribution in [-0.2, 0) is 20.2 Å². The number of halogens is 1. The van der Waals surface area contributed by atoms with E-state index in [2.05, 4.69) is 20.7 Å². The van der Waals surface area contributed by atoms with E-state index in [9.17, 15) is 0 Å². The van der Waals surface area contributed by atoms with E-state index in [4.69, 9.17) is 16.7 Å². The van der Waals surface area contributed by atoms with Crippen molar-refractivity contribution in [1.29, 1.82) is 0 Å². The zero-order chi connectivity index (χ0) is 16.4. The van der Waals surface area contributed by atoms with Gasteiger partial charge in [-0.25, -0.2) is 4.68 Å². The van der Waals surface area contributed by atoms with Gasteiger partial charge in [-0.3, -0.25) is 4.68 Å². The summed E-state index contributed by atoms with van der Waals surface area (Å²) in [5.41, 5.74) is 4.28. The van der Waals surface area contributed by atoms with E-state index in [0.717, 1.165) is 22.6 Å². The summed E-state index contributed by atoms with van der Waals surface area (Å²) in [4.78, 5) is 0. The summed E-state index contributed by atoms with van der Waals surface area (Å²) in [5, 5.41) is 25.1. The molecule has 0 radical (unpaired) electrons. The van der Waals surface area contributed by atoms with Crippen LogP contribution in [0.3, 0.4) is 0 Å². The van der Waals surface area contributed by atoms with Gasteiger partial charge in [-0.2, -0.15) is 5.10 Å². The summed E-state index contributed by atoms with van der Waals surface area (Å²) in [6.07, 6.45) is 1.70. The molecule has 3 rings (SSSR count). The van der Waals surface area contributed by atoms with Crippen molar-refractivity contribution in [3.8, 4) is 5.69 Å². The predicted octanol–water partition coefficient (Wildman–Crippen LogP) is 2.07. The van der Waals surface area contributed by atoms with Gasteiger partial charge in [0.05, 0.1) is 24.2 Å². The van der Waals surface area contributed by atoms with Crippen molar-refractivity contribution in [2.75, 3.05) is 5.32 Å². The van der Waals surface area contributed by atoms with Gasteiger partial charge < -0.3 is 10.4 Å². The third kappa shape index (κ3) is 3.20. The molecule has 1 aromatic carbocycles. The summed E-state index contributed by atoms with van der Waals surface area (Å²) >= 11 is 6.22. The van der Waals surface area contributed by atoms with Crippen molar-refractivity contribution < 1.29 is 5.11 Å². The van der Waals surface area contributed by atoms with Crippen LogP contribution in [0.1, 0.15) is 17.0 Å². The van der Waals surface area contributed by atoms with E-state index in [1.54, 1.807) is 15.6 Å². The van der Waals surface area contributed by atoms with Gasteiger partial charge in [0.15, 0.2) is 0 Å². The fourth-order valence-electron chi connectivity index (χ4n) is 2.29. The number of benzene rings is 1. The fraction of sp³-hybridized carbons (Fsp3) is 0.267. The topological polar surface area (TPSA) is 80.8 Å². The van der Waals surface area contributed by atoms with E-state index in [1.807, 2.05) is 38.2 Å². The van der Waals surface area contributed by atoms with Gasteiger partial charge in [0.2, 0.25) is 0 Å². The van der Waals surface area contributed by atoms with Gasteiger partial charge in [-0.1, -0.05) is 16.8 Å². The minimum atomic E-state index is -0.120. The van der Waals surface area contributed by atoms with Crippen LogP contribution in [0.2, 0.25) is 5.15 Å². The number of nitrogens with zero attached hydrogens (tertiary/aromatic N) is 5. The van der Waals surface area contributed by atoms with Crippen molar-refractivity contribution in [1.82, 2.24) is 24.8 Å². The molecule has 0 spiro atoms. The van der Waals surface area contributed by atoms with Crippen molar-refractivity contribution in [2.24, 2.45) is 7.05 Å². The number of aliphatic hydroxyl groups is 1. The van der Waals surface area contributed by atoms with Gasteiger partial charge in [0, 0.05) is 24.8 Å². The van der Waals surface area contributed by atoms with Gasteiger partial charge in [0.25, 0.3) is 0 Å². The molecule has 2 heterocycles. The largest absolute Gasteiger partial charge is 0.390 e. The van der Waals surface area contributed by atoms with Crippen LogP contribution < -0.4 is 5.32 Å².